The molecule has 0 radical (unpaired) electrons. The van der Waals surface area contributed by atoms with Crippen LogP contribution < -0.4 is 5.32 Å². The lowest BCUT2D eigenvalue weighted by Crippen LogP contribution is -2.40. The van der Waals surface area contributed by atoms with Crippen molar-refractivity contribution in [3.05, 3.63) is 100 Å². The zero-order valence-electron chi connectivity index (χ0n) is 18.0. The van der Waals surface area contributed by atoms with E-state index in [-0.39, 0.29) is 35.4 Å². The third-order valence-corrected chi connectivity index (χ3v) is 7.48. The number of morpholine rings is 1. The maximum absolute atomic E-state index is 13.0. The average Bonchev–Trinajstić information content (AvgIpc) is 2.85. The molecule has 3 aromatic rings. The smallest absolute Gasteiger partial charge is 0.293 e. The lowest BCUT2D eigenvalue weighted by Gasteiger charge is -2.26. The summed E-state index contributed by atoms with van der Waals surface area (Å²) in [5.41, 5.74) is 2.04. The third-order valence-electron chi connectivity index (χ3n) is 5.59. The molecule has 0 saturated carbocycles. The zero-order chi connectivity index (χ0) is 23.3. The number of anilines is 1. The Morgan fingerprint density at radius 1 is 0.970 bits per heavy atom. The molecule has 0 aromatic heterocycles. The minimum Gasteiger partial charge on any atom is -0.379 e. The number of ether oxygens (including phenoxy) is 1. The van der Waals surface area contributed by atoms with E-state index in [1.54, 1.807) is 0 Å². The van der Waals surface area contributed by atoms with Crippen LogP contribution in [0.2, 0.25) is 0 Å². The van der Waals surface area contributed by atoms with Gasteiger partial charge in [-0.3, -0.25) is 10.1 Å². The topological polar surface area (TPSA) is 102 Å². The Balaban J connectivity index is 1.67. The van der Waals surface area contributed by atoms with Crippen molar-refractivity contribution in [3.63, 3.8) is 0 Å². The predicted molar refractivity (Wildman–Crippen MR) is 126 cm³/mol. The van der Waals surface area contributed by atoms with Gasteiger partial charge in [-0.15, -0.1) is 0 Å². The molecule has 0 aliphatic carbocycles. The van der Waals surface area contributed by atoms with E-state index < -0.39 is 14.9 Å². The summed E-state index contributed by atoms with van der Waals surface area (Å²) in [5.74, 6) is 0. The van der Waals surface area contributed by atoms with E-state index in [4.69, 9.17) is 4.74 Å². The van der Waals surface area contributed by atoms with Crippen LogP contribution in [0.5, 0.6) is 0 Å². The van der Waals surface area contributed by atoms with Crippen LogP contribution >= 0.6 is 0 Å². The Labute approximate surface area is 193 Å². The normalized spacial score (nSPS) is 15.6. The van der Waals surface area contributed by atoms with Gasteiger partial charge in [0, 0.05) is 19.2 Å². The highest BCUT2D eigenvalue weighted by molar-refractivity contribution is 7.89. The van der Waals surface area contributed by atoms with Gasteiger partial charge in [-0.05, 0) is 29.7 Å². The van der Waals surface area contributed by atoms with Crippen molar-refractivity contribution in [3.8, 4) is 0 Å². The highest BCUT2D eigenvalue weighted by Gasteiger charge is 2.29. The van der Waals surface area contributed by atoms with Gasteiger partial charge in [-0.1, -0.05) is 60.7 Å². The molecular formula is C24H25N3O5S. The molecule has 1 saturated heterocycles. The van der Waals surface area contributed by atoms with Crippen LogP contribution in [-0.2, 0) is 21.2 Å². The minimum atomic E-state index is -3.84. The molecule has 172 valence electrons. The molecule has 8 nitrogen and oxygen atoms in total. The number of sulfonamides is 1. The Hall–Kier alpha value is -3.27. The molecule has 4 rings (SSSR count). The molecule has 1 fully saturated rings. The Morgan fingerprint density at radius 3 is 2.24 bits per heavy atom. The molecule has 0 amide bonds. The van der Waals surface area contributed by atoms with E-state index in [2.05, 4.69) is 5.32 Å². The lowest BCUT2D eigenvalue weighted by atomic mass is 9.98. The van der Waals surface area contributed by atoms with Crippen molar-refractivity contribution >= 4 is 21.4 Å². The van der Waals surface area contributed by atoms with Crippen molar-refractivity contribution in [2.24, 2.45) is 0 Å². The van der Waals surface area contributed by atoms with Gasteiger partial charge in [0.05, 0.1) is 29.1 Å². The molecule has 1 heterocycles. The van der Waals surface area contributed by atoms with Gasteiger partial charge in [-0.2, -0.15) is 4.31 Å². The molecule has 1 aliphatic rings. The van der Waals surface area contributed by atoms with Gasteiger partial charge in [0.15, 0.2) is 0 Å². The highest BCUT2D eigenvalue weighted by atomic mass is 32.2. The molecule has 0 spiro atoms. The minimum absolute atomic E-state index is 0.0963. The number of nitrogens with one attached hydrogen (secondary N) is 1. The first-order valence-corrected chi connectivity index (χ1v) is 12.1. The number of rotatable bonds is 8. The fraction of sp³-hybridized carbons (Fsp3) is 0.250. The van der Waals surface area contributed by atoms with E-state index in [9.17, 15) is 18.5 Å². The van der Waals surface area contributed by atoms with Gasteiger partial charge in [0.1, 0.15) is 5.69 Å². The summed E-state index contributed by atoms with van der Waals surface area (Å²) in [5, 5.41) is 15.2. The second-order valence-electron chi connectivity index (χ2n) is 7.75. The zero-order valence-corrected chi connectivity index (χ0v) is 18.8. The molecule has 3 aromatic carbocycles. The van der Waals surface area contributed by atoms with Crippen molar-refractivity contribution in [2.75, 3.05) is 31.6 Å². The highest BCUT2D eigenvalue weighted by Crippen LogP contribution is 2.33. The number of hydrogen-bond acceptors (Lipinski definition) is 6. The van der Waals surface area contributed by atoms with Crippen molar-refractivity contribution in [1.82, 2.24) is 4.31 Å². The van der Waals surface area contributed by atoms with Crippen molar-refractivity contribution < 1.29 is 18.1 Å². The van der Waals surface area contributed by atoms with Crippen LogP contribution in [-0.4, -0.2) is 43.9 Å². The summed E-state index contributed by atoms with van der Waals surface area (Å²) >= 11 is 0. The second kappa shape index (κ2) is 10.1. The van der Waals surface area contributed by atoms with Gasteiger partial charge >= 0.3 is 0 Å². The third kappa shape index (κ3) is 5.39. The molecule has 0 bridgehead atoms. The fourth-order valence-corrected chi connectivity index (χ4v) is 5.28. The van der Waals surface area contributed by atoms with Crippen LogP contribution in [0.3, 0.4) is 0 Å². The van der Waals surface area contributed by atoms with E-state index >= 15 is 0 Å². The summed E-state index contributed by atoms with van der Waals surface area (Å²) in [7, 11) is -3.84. The van der Waals surface area contributed by atoms with Crippen molar-refractivity contribution in [2.45, 2.75) is 17.4 Å². The maximum Gasteiger partial charge on any atom is 0.293 e. The molecule has 33 heavy (non-hydrogen) atoms. The van der Waals surface area contributed by atoms with Crippen LogP contribution in [0.15, 0.2) is 83.8 Å². The largest absolute Gasteiger partial charge is 0.379 e. The number of nitro benzene ring substituents is 1. The Kier molecular flexibility index (Phi) is 7.02. The maximum atomic E-state index is 13.0. The van der Waals surface area contributed by atoms with Crippen LogP contribution in [0.25, 0.3) is 0 Å². The van der Waals surface area contributed by atoms with Gasteiger partial charge in [0.25, 0.3) is 5.69 Å². The SMILES string of the molecule is O=[N+]([O-])c1cc(S(=O)(=O)N2CCOCC2)ccc1N[C@H](Cc1ccccc1)c1ccccc1. The second-order valence-corrected chi connectivity index (χ2v) is 9.69. The fourth-order valence-electron chi connectivity index (χ4n) is 3.86. The predicted octanol–water partition coefficient (Wildman–Crippen LogP) is 4.01. The van der Waals surface area contributed by atoms with Gasteiger partial charge in [-0.25, -0.2) is 8.42 Å². The van der Waals surface area contributed by atoms with E-state index in [1.165, 1.54) is 16.4 Å². The quantitative estimate of drug-likeness (QED) is 0.397. The van der Waals surface area contributed by atoms with Gasteiger partial charge < -0.3 is 10.1 Å². The van der Waals surface area contributed by atoms with Gasteiger partial charge in [0.2, 0.25) is 10.0 Å². The van der Waals surface area contributed by atoms with E-state index in [1.807, 2.05) is 60.7 Å². The molecule has 0 unspecified atom stereocenters. The standard InChI is InChI=1S/C24H25N3O5S/c28-27(29)24-18-21(33(30,31)26-13-15-32-16-14-26)11-12-22(24)25-23(20-9-5-2-6-10-20)17-19-7-3-1-4-8-19/h1-12,18,23,25H,13-17H2/t23-/m1/s1. The molecule has 9 heteroatoms. The van der Waals surface area contributed by atoms with E-state index in [0.717, 1.165) is 17.2 Å². The first-order valence-electron chi connectivity index (χ1n) is 10.7. The molecular weight excluding hydrogens is 442 g/mol. The number of nitro groups is 1. The summed E-state index contributed by atoms with van der Waals surface area (Å²) < 4.78 is 32.5. The summed E-state index contributed by atoms with van der Waals surface area (Å²) in [4.78, 5) is 11.2. The van der Waals surface area contributed by atoms with Crippen LogP contribution in [0.4, 0.5) is 11.4 Å². The molecule has 1 atom stereocenters. The summed E-state index contributed by atoms with van der Waals surface area (Å²) in [6.07, 6.45) is 0.607. The first kappa shape index (κ1) is 22.9. The number of benzene rings is 3. The Bertz CT molecular complexity index is 1200. The number of nitrogens with zero attached hydrogens (tertiary/aromatic N) is 2. The lowest BCUT2D eigenvalue weighted by molar-refractivity contribution is -0.384. The van der Waals surface area contributed by atoms with Crippen LogP contribution in [0, 0.1) is 10.1 Å². The summed E-state index contributed by atoms with van der Waals surface area (Å²) in [6, 6.07) is 23.3. The first-order chi connectivity index (χ1) is 15.9. The Morgan fingerprint density at radius 2 is 1.61 bits per heavy atom. The van der Waals surface area contributed by atoms with Crippen LogP contribution in [0.1, 0.15) is 17.2 Å². The molecule has 1 N–H and O–H groups in total. The molecule has 1 aliphatic heterocycles. The number of hydrogen-bond donors (Lipinski definition) is 1. The van der Waals surface area contributed by atoms with Crippen molar-refractivity contribution in [1.29, 1.82) is 0 Å². The van der Waals surface area contributed by atoms with E-state index in [0.29, 0.717) is 19.6 Å². The average molecular weight is 468 g/mol. The summed E-state index contributed by atoms with van der Waals surface area (Å²) in [6.45, 7) is 1.06. The monoisotopic (exact) mass is 467 g/mol.